The zero-order chi connectivity index (χ0) is 14.4. The van der Waals surface area contributed by atoms with Crippen molar-refractivity contribution in [3.05, 3.63) is 0 Å². The molecule has 2 amide bonds. The summed E-state index contributed by atoms with van der Waals surface area (Å²) in [6.07, 6.45) is -1.75. The Morgan fingerprint density at radius 2 is 2.16 bits per heavy atom. The Labute approximate surface area is 111 Å². The molecular formula is C12H20F2N2O3. The molecule has 1 saturated heterocycles. The van der Waals surface area contributed by atoms with Crippen LogP contribution in [-0.2, 0) is 14.3 Å². The molecule has 110 valence electrons. The molecule has 1 fully saturated rings. The number of halogens is 2. The van der Waals surface area contributed by atoms with Crippen molar-refractivity contribution in [3.8, 4) is 0 Å². The molecule has 1 rings (SSSR count). The van der Waals surface area contributed by atoms with Crippen LogP contribution in [0.15, 0.2) is 0 Å². The predicted octanol–water partition coefficient (Wildman–Crippen LogP) is 0.641. The van der Waals surface area contributed by atoms with E-state index in [1.165, 1.54) is 4.90 Å². The van der Waals surface area contributed by atoms with Gasteiger partial charge < -0.3 is 15.0 Å². The predicted molar refractivity (Wildman–Crippen MR) is 64.8 cm³/mol. The molecule has 0 radical (unpaired) electrons. The first-order chi connectivity index (χ1) is 8.95. The molecule has 0 aromatic heterocycles. The van der Waals surface area contributed by atoms with Gasteiger partial charge in [-0.25, -0.2) is 8.78 Å². The summed E-state index contributed by atoms with van der Waals surface area (Å²) in [5.74, 6) is -0.352. The summed E-state index contributed by atoms with van der Waals surface area (Å²) in [5.41, 5.74) is 0. The SMILES string of the molecule is CCC(C)C1NC(=O)CN(CCOCC(F)F)C1=O. The molecule has 0 aromatic rings. The topological polar surface area (TPSA) is 58.6 Å². The molecule has 0 saturated carbocycles. The van der Waals surface area contributed by atoms with Gasteiger partial charge in [-0.15, -0.1) is 0 Å². The second kappa shape index (κ2) is 7.37. The van der Waals surface area contributed by atoms with Crippen LogP contribution in [0.3, 0.4) is 0 Å². The number of nitrogens with one attached hydrogen (secondary N) is 1. The van der Waals surface area contributed by atoms with Crippen LogP contribution < -0.4 is 5.32 Å². The zero-order valence-electron chi connectivity index (χ0n) is 11.2. The van der Waals surface area contributed by atoms with Crippen LogP contribution in [0.4, 0.5) is 8.78 Å². The van der Waals surface area contributed by atoms with E-state index in [1.54, 1.807) is 0 Å². The standard InChI is InChI=1S/C12H20F2N2O3/c1-3-8(2)11-12(18)16(6-10(17)15-11)4-5-19-7-9(13)14/h8-9,11H,3-7H2,1-2H3,(H,15,17). The summed E-state index contributed by atoms with van der Waals surface area (Å²) in [5, 5.41) is 2.66. The molecule has 5 nitrogen and oxygen atoms in total. The summed E-state index contributed by atoms with van der Waals surface area (Å²) in [6, 6.07) is -0.527. The number of carbonyl (C=O) groups excluding carboxylic acids is 2. The monoisotopic (exact) mass is 278 g/mol. The molecular weight excluding hydrogens is 258 g/mol. The van der Waals surface area contributed by atoms with Gasteiger partial charge in [-0.3, -0.25) is 9.59 Å². The number of hydrogen-bond donors (Lipinski definition) is 1. The van der Waals surface area contributed by atoms with Crippen LogP contribution in [0.5, 0.6) is 0 Å². The van der Waals surface area contributed by atoms with Crippen molar-refractivity contribution in [1.29, 1.82) is 0 Å². The van der Waals surface area contributed by atoms with E-state index in [0.717, 1.165) is 6.42 Å². The highest BCUT2D eigenvalue weighted by molar-refractivity contribution is 5.95. The minimum absolute atomic E-state index is 0.0105. The third kappa shape index (κ3) is 4.74. The molecule has 7 heteroatoms. The quantitative estimate of drug-likeness (QED) is 0.695. The normalized spacial score (nSPS) is 21.7. The third-order valence-corrected chi connectivity index (χ3v) is 3.19. The highest BCUT2D eigenvalue weighted by atomic mass is 19.3. The molecule has 0 aromatic carbocycles. The highest BCUT2D eigenvalue weighted by Gasteiger charge is 2.35. The lowest BCUT2D eigenvalue weighted by atomic mass is 9.96. The van der Waals surface area contributed by atoms with E-state index in [1.807, 2.05) is 13.8 Å². The molecule has 19 heavy (non-hydrogen) atoms. The van der Waals surface area contributed by atoms with Crippen molar-refractivity contribution in [2.75, 3.05) is 26.3 Å². The number of nitrogens with zero attached hydrogens (tertiary/aromatic N) is 1. The van der Waals surface area contributed by atoms with Gasteiger partial charge in [-0.1, -0.05) is 20.3 Å². The first-order valence-corrected chi connectivity index (χ1v) is 6.39. The average molecular weight is 278 g/mol. The number of hydrogen-bond acceptors (Lipinski definition) is 3. The van der Waals surface area contributed by atoms with Gasteiger partial charge in [-0.05, 0) is 5.92 Å². The average Bonchev–Trinajstić information content (AvgIpc) is 2.36. The van der Waals surface area contributed by atoms with Gasteiger partial charge >= 0.3 is 0 Å². The second-order valence-corrected chi connectivity index (χ2v) is 4.66. The molecule has 1 aliphatic heterocycles. The van der Waals surface area contributed by atoms with Gasteiger partial charge in [0, 0.05) is 6.54 Å². The molecule has 0 aliphatic carbocycles. The number of amides is 2. The third-order valence-electron chi connectivity index (χ3n) is 3.19. The van der Waals surface area contributed by atoms with Crippen LogP contribution in [0, 0.1) is 5.92 Å². The van der Waals surface area contributed by atoms with Gasteiger partial charge in [0.15, 0.2) is 0 Å². The Balaban J connectivity index is 2.48. The van der Waals surface area contributed by atoms with Crippen LogP contribution >= 0.6 is 0 Å². The van der Waals surface area contributed by atoms with Crippen molar-refractivity contribution in [2.45, 2.75) is 32.7 Å². The zero-order valence-corrected chi connectivity index (χ0v) is 11.2. The summed E-state index contributed by atoms with van der Waals surface area (Å²) in [6.45, 7) is 3.31. The Kier molecular flexibility index (Phi) is 6.14. The van der Waals surface area contributed by atoms with Crippen LogP contribution in [0.1, 0.15) is 20.3 Å². The van der Waals surface area contributed by atoms with E-state index in [-0.39, 0.29) is 37.4 Å². The van der Waals surface area contributed by atoms with Crippen molar-refractivity contribution in [1.82, 2.24) is 10.2 Å². The minimum atomic E-state index is -2.52. The number of rotatable bonds is 7. The van der Waals surface area contributed by atoms with Crippen LogP contribution in [0.2, 0.25) is 0 Å². The molecule has 1 heterocycles. The number of carbonyl (C=O) groups is 2. The Morgan fingerprint density at radius 3 is 2.74 bits per heavy atom. The largest absolute Gasteiger partial charge is 0.374 e. The lowest BCUT2D eigenvalue weighted by Gasteiger charge is -2.35. The van der Waals surface area contributed by atoms with E-state index in [9.17, 15) is 18.4 Å². The van der Waals surface area contributed by atoms with Gasteiger partial charge in [-0.2, -0.15) is 0 Å². The van der Waals surface area contributed by atoms with Crippen molar-refractivity contribution >= 4 is 11.8 Å². The first kappa shape index (κ1) is 15.8. The maximum Gasteiger partial charge on any atom is 0.261 e. The van der Waals surface area contributed by atoms with Gasteiger partial charge in [0.1, 0.15) is 12.6 Å². The van der Waals surface area contributed by atoms with Crippen molar-refractivity contribution in [2.24, 2.45) is 5.92 Å². The van der Waals surface area contributed by atoms with Crippen molar-refractivity contribution in [3.63, 3.8) is 0 Å². The minimum Gasteiger partial charge on any atom is -0.374 e. The molecule has 0 spiro atoms. The van der Waals surface area contributed by atoms with Crippen LogP contribution in [0.25, 0.3) is 0 Å². The number of ether oxygens (including phenoxy) is 1. The Morgan fingerprint density at radius 1 is 1.47 bits per heavy atom. The summed E-state index contributed by atoms with van der Waals surface area (Å²) >= 11 is 0. The van der Waals surface area contributed by atoms with E-state index in [4.69, 9.17) is 4.74 Å². The fourth-order valence-electron chi connectivity index (χ4n) is 1.89. The number of piperazine rings is 1. The fraction of sp³-hybridized carbons (Fsp3) is 0.833. The molecule has 1 N–H and O–H groups in total. The highest BCUT2D eigenvalue weighted by Crippen LogP contribution is 2.14. The Bertz CT molecular complexity index is 326. The number of alkyl halides is 2. The van der Waals surface area contributed by atoms with E-state index in [0.29, 0.717) is 0 Å². The van der Waals surface area contributed by atoms with Gasteiger partial charge in [0.25, 0.3) is 6.43 Å². The summed E-state index contributed by atoms with van der Waals surface area (Å²) < 4.78 is 28.5. The van der Waals surface area contributed by atoms with Gasteiger partial charge in [0.2, 0.25) is 11.8 Å². The van der Waals surface area contributed by atoms with Crippen LogP contribution in [-0.4, -0.2) is 55.5 Å². The second-order valence-electron chi connectivity index (χ2n) is 4.66. The van der Waals surface area contributed by atoms with Gasteiger partial charge in [0.05, 0.1) is 13.2 Å². The summed E-state index contributed by atoms with van der Waals surface area (Å²) in [4.78, 5) is 25.0. The Hall–Kier alpha value is -1.24. The summed E-state index contributed by atoms with van der Waals surface area (Å²) in [7, 11) is 0. The molecule has 2 atom stereocenters. The van der Waals surface area contributed by atoms with Crippen molar-refractivity contribution < 1.29 is 23.1 Å². The maximum atomic E-state index is 12.1. The lowest BCUT2D eigenvalue weighted by Crippen LogP contribution is -2.60. The first-order valence-electron chi connectivity index (χ1n) is 6.39. The van der Waals surface area contributed by atoms with E-state index in [2.05, 4.69) is 5.32 Å². The smallest absolute Gasteiger partial charge is 0.261 e. The molecule has 0 bridgehead atoms. The van der Waals surface area contributed by atoms with E-state index >= 15 is 0 Å². The molecule has 1 aliphatic rings. The lowest BCUT2D eigenvalue weighted by molar-refractivity contribution is -0.146. The van der Waals surface area contributed by atoms with E-state index < -0.39 is 19.1 Å². The maximum absolute atomic E-state index is 12.1. The fourth-order valence-corrected chi connectivity index (χ4v) is 1.89. The molecule has 2 unspecified atom stereocenters.